The van der Waals surface area contributed by atoms with Crippen LogP contribution in [-0.4, -0.2) is 181 Å². The van der Waals surface area contributed by atoms with Gasteiger partial charge in [-0.05, 0) is 94.2 Å². The summed E-state index contributed by atoms with van der Waals surface area (Å²) >= 11 is 0. The molecular weight excluding hydrogens is 1020 g/mol. The SMILES string of the molecule is CC[C@H](C)[C@@H]([C@@H](CC(=O)N1CCC[C@H]1[C@H](OC)[C@@H](C)C(=O)C[C@@]1(C(=O)N2CCCCO2)C[C@@H]1c1ccccc1)OC)N(C)C(=O)[C@@H](CC(=O)[C@H](C(C)C)N(C)CCCC(=O)N(C)NC(=O)CCCCCN1C(=O)C=CC1=O)C(C)C. The average Bonchev–Trinajstić information content (AvgIpc) is 3.85. The van der Waals surface area contributed by atoms with Crippen LogP contribution < -0.4 is 5.43 Å². The molecule has 446 valence electrons. The average molecular weight is 1120 g/mol. The fourth-order valence-electron chi connectivity index (χ4n) is 12.6. The highest BCUT2D eigenvalue weighted by atomic mass is 16.7. The van der Waals surface area contributed by atoms with Crippen molar-refractivity contribution >= 4 is 52.9 Å². The normalized spacial score (nSPS) is 21.8. The van der Waals surface area contributed by atoms with Crippen LogP contribution >= 0.6 is 0 Å². The Kier molecular flexibility index (Phi) is 25.0. The Morgan fingerprint density at radius 2 is 1.49 bits per heavy atom. The van der Waals surface area contributed by atoms with Crippen LogP contribution in [0.25, 0.3) is 0 Å². The summed E-state index contributed by atoms with van der Waals surface area (Å²) in [6, 6.07) is 8.41. The molecule has 10 atom stereocenters. The third-order valence-electron chi connectivity index (χ3n) is 17.5. The van der Waals surface area contributed by atoms with Gasteiger partial charge in [0.25, 0.3) is 17.7 Å². The number of hydrogen-bond donors (Lipinski definition) is 1. The topological polar surface area (TPSA) is 213 Å². The number of unbranched alkanes of at least 4 members (excludes halogenated alkanes) is 2. The predicted molar refractivity (Wildman–Crippen MR) is 303 cm³/mol. The van der Waals surface area contributed by atoms with Gasteiger partial charge < -0.3 is 19.3 Å². The molecule has 1 aromatic rings. The van der Waals surface area contributed by atoms with Crippen molar-refractivity contribution in [1.82, 2.24) is 35.1 Å². The number of Topliss-reactive ketones (excluding diaryl/α,β-unsaturated/α-hetero) is 2. The molecular formula is C61H95N7O12. The van der Waals surface area contributed by atoms with Gasteiger partial charge in [-0.3, -0.25) is 68.2 Å². The van der Waals surface area contributed by atoms with E-state index in [1.807, 2.05) is 95.6 Å². The Balaban J connectivity index is 1.17. The molecule has 3 aliphatic heterocycles. The van der Waals surface area contributed by atoms with Gasteiger partial charge in [-0.15, -0.1) is 0 Å². The Morgan fingerprint density at radius 1 is 0.800 bits per heavy atom. The number of ether oxygens (including phenoxy) is 2. The van der Waals surface area contributed by atoms with E-state index >= 15 is 0 Å². The molecule has 0 bridgehead atoms. The molecule has 3 fully saturated rings. The largest absolute Gasteiger partial charge is 0.379 e. The van der Waals surface area contributed by atoms with E-state index in [2.05, 4.69) is 5.43 Å². The van der Waals surface area contributed by atoms with Crippen molar-refractivity contribution in [3.05, 3.63) is 48.0 Å². The van der Waals surface area contributed by atoms with Gasteiger partial charge in [0.05, 0.1) is 48.8 Å². The second-order valence-electron chi connectivity index (χ2n) is 23.8. The summed E-state index contributed by atoms with van der Waals surface area (Å²) in [5.74, 6) is -3.75. The van der Waals surface area contributed by atoms with Crippen LogP contribution in [-0.2, 0) is 57.5 Å². The lowest BCUT2D eigenvalue weighted by Crippen LogP contribution is -2.54. The van der Waals surface area contributed by atoms with Crippen LogP contribution in [0.5, 0.6) is 0 Å². The van der Waals surface area contributed by atoms with Crippen molar-refractivity contribution in [1.29, 1.82) is 0 Å². The lowest BCUT2D eigenvalue weighted by Gasteiger charge is -2.41. The summed E-state index contributed by atoms with van der Waals surface area (Å²) in [4.78, 5) is 134. The molecule has 19 heteroatoms. The molecule has 7 amide bonds. The van der Waals surface area contributed by atoms with Gasteiger partial charge in [0, 0.05) is 97.6 Å². The van der Waals surface area contributed by atoms with E-state index in [1.54, 1.807) is 26.2 Å². The van der Waals surface area contributed by atoms with Crippen LogP contribution in [0.1, 0.15) is 156 Å². The summed E-state index contributed by atoms with van der Waals surface area (Å²) in [6.45, 7) is 15.9. The van der Waals surface area contributed by atoms with Gasteiger partial charge in [0.1, 0.15) is 5.78 Å². The minimum absolute atomic E-state index is 0.00373. The number of methoxy groups -OCH3 is 2. The van der Waals surface area contributed by atoms with Gasteiger partial charge in [-0.25, -0.2) is 5.06 Å². The van der Waals surface area contributed by atoms with E-state index in [0.717, 1.165) is 24.8 Å². The number of carbonyl (C=O) groups is 9. The number of carbonyl (C=O) groups excluding carboxylic acids is 9. The van der Waals surface area contributed by atoms with E-state index in [-0.39, 0.29) is 109 Å². The Bertz CT molecular complexity index is 2310. The van der Waals surface area contributed by atoms with Crippen LogP contribution in [0.15, 0.2) is 42.5 Å². The molecule has 0 spiro atoms. The van der Waals surface area contributed by atoms with Crippen molar-refractivity contribution in [2.75, 3.05) is 68.1 Å². The predicted octanol–water partition coefficient (Wildman–Crippen LogP) is 6.54. The van der Waals surface area contributed by atoms with Crippen LogP contribution in [0.4, 0.5) is 0 Å². The molecule has 2 saturated heterocycles. The molecule has 1 aliphatic carbocycles. The maximum atomic E-state index is 14.8. The molecule has 0 radical (unpaired) electrons. The third-order valence-corrected chi connectivity index (χ3v) is 17.5. The molecule has 1 N–H and O–H groups in total. The first kappa shape index (κ1) is 65.4. The zero-order chi connectivity index (χ0) is 59.0. The number of likely N-dealkylation sites (tertiary alicyclic amines) is 1. The number of hydroxylamine groups is 2. The van der Waals surface area contributed by atoms with Gasteiger partial charge in [0.2, 0.25) is 23.6 Å². The second-order valence-corrected chi connectivity index (χ2v) is 23.8. The lowest BCUT2D eigenvalue weighted by atomic mass is 9.83. The summed E-state index contributed by atoms with van der Waals surface area (Å²) < 4.78 is 12.3. The lowest BCUT2D eigenvalue weighted by molar-refractivity contribution is -0.203. The van der Waals surface area contributed by atoms with Crippen LogP contribution in [0.2, 0.25) is 0 Å². The van der Waals surface area contributed by atoms with Crippen molar-refractivity contribution < 1.29 is 57.5 Å². The van der Waals surface area contributed by atoms with Crippen LogP contribution in [0.3, 0.4) is 0 Å². The maximum Gasteiger partial charge on any atom is 0.253 e. The Hall–Kier alpha value is -5.37. The standard InChI is InChI=1S/C61H95N7O12/c1-13-42(6)57(50(78-11)37-55(75)66-33-22-26-47(66)58(79-12)43(7)49(70)39-61(60(77)68-34-20-21-35-80-68)38-46(61)44-24-16-14-17-25-44)64(9)59(76)45(40(2)3)36-48(69)56(41(4)5)63(8)31-23-28-52(72)65(10)62-51(71)27-18-15-19-32-67-53(73)29-30-54(67)74/h14,16-17,24-25,29-30,40-43,45-47,50,56-58H,13,15,18-23,26-28,31-39H2,1-12H3,(H,62,71)/t42-,43-,45-,46+,47-,50+,56-,57-,58+,61-/m0/s1. The van der Waals surface area contributed by atoms with Crippen molar-refractivity contribution in [3.63, 3.8) is 0 Å². The Morgan fingerprint density at radius 3 is 2.09 bits per heavy atom. The zero-order valence-corrected chi connectivity index (χ0v) is 50.1. The summed E-state index contributed by atoms with van der Waals surface area (Å²) in [6.07, 6.45) is 7.96. The van der Waals surface area contributed by atoms with E-state index in [9.17, 15) is 43.2 Å². The van der Waals surface area contributed by atoms with E-state index in [1.165, 1.54) is 34.2 Å². The first-order chi connectivity index (χ1) is 38.0. The summed E-state index contributed by atoms with van der Waals surface area (Å²) in [7, 11) is 8.22. The minimum atomic E-state index is -0.918. The maximum absolute atomic E-state index is 14.8. The third kappa shape index (κ3) is 16.6. The molecule has 1 saturated carbocycles. The number of rotatable bonds is 32. The molecule has 0 unspecified atom stereocenters. The van der Waals surface area contributed by atoms with Crippen LogP contribution in [0, 0.1) is 35.0 Å². The van der Waals surface area contributed by atoms with Crippen molar-refractivity contribution in [3.8, 4) is 0 Å². The first-order valence-corrected chi connectivity index (χ1v) is 29.5. The molecule has 1 aromatic carbocycles. The fourth-order valence-corrected chi connectivity index (χ4v) is 12.6. The minimum Gasteiger partial charge on any atom is -0.379 e. The van der Waals surface area contributed by atoms with Gasteiger partial charge >= 0.3 is 0 Å². The van der Waals surface area contributed by atoms with Gasteiger partial charge in [0.15, 0.2) is 5.78 Å². The smallest absolute Gasteiger partial charge is 0.253 e. The number of ketones is 2. The fraction of sp³-hybridized carbons (Fsp3) is 0.721. The Labute approximate surface area is 476 Å². The highest BCUT2D eigenvalue weighted by Gasteiger charge is 2.63. The van der Waals surface area contributed by atoms with Gasteiger partial charge in [-0.2, -0.15) is 0 Å². The number of hydrogen-bond acceptors (Lipinski definition) is 13. The van der Waals surface area contributed by atoms with Crippen molar-refractivity contribution in [2.45, 2.75) is 181 Å². The zero-order valence-electron chi connectivity index (χ0n) is 50.1. The second kappa shape index (κ2) is 30.6. The number of imide groups is 1. The quantitative estimate of drug-likeness (QED) is 0.0462. The number of amides is 7. The highest BCUT2D eigenvalue weighted by molar-refractivity contribution is 6.12. The number of benzene rings is 1. The van der Waals surface area contributed by atoms with Crippen molar-refractivity contribution in [2.24, 2.45) is 35.0 Å². The number of likely N-dealkylation sites (N-methyl/N-ethyl adjacent to an activating group) is 2. The molecule has 5 rings (SSSR count). The number of hydrazine groups is 1. The first-order valence-electron chi connectivity index (χ1n) is 29.5. The summed E-state index contributed by atoms with van der Waals surface area (Å²) in [5, 5.41) is 2.65. The van der Waals surface area contributed by atoms with E-state index in [4.69, 9.17) is 14.3 Å². The molecule has 0 aromatic heterocycles. The number of nitrogens with one attached hydrogen (secondary N) is 1. The number of nitrogens with zero attached hydrogens (tertiary/aromatic N) is 6. The monoisotopic (exact) mass is 1120 g/mol. The molecule has 19 nitrogen and oxygen atoms in total. The molecule has 3 heterocycles. The van der Waals surface area contributed by atoms with Gasteiger partial charge in [-0.1, -0.05) is 91.6 Å². The molecule has 80 heavy (non-hydrogen) atoms. The highest BCUT2D eigenvalue weighted by Crippen LogP contribution is 2.63. The molecule has 4 aliphatic rings. The summed E-state index contributed by atoms with van der Waals surface area (Å²) in [5.41, 5.74) is 2.72. The van der Waals surface area contributed by atoms with E-state index in [0.29, 0.717) is 77.7 Å². The van der Waals surface area contributed by atoms with E-state index < -0.39 is 47.6 Å².